The summed E-state index contributed by atoms with van der Waals surface area (Å²) in [5, 5.41) is 9.41. The molecule has 1 aromatic heterocycles. The van der Waals surface area contributed by atoms with Gasteiger partial charge in [0.25, 0.3) is 5.91 Å². The van der Waals surface area contributed by atoms with Gasteiger partial charge in [0.15, 0.2) is 0 Å². The van der Waals surface area contributed by atoms with Gasteiger partial charge in [-0.15, -0.1) is 0 Å². The van der Waals surface area contributed by atoms with Crippen LogP contribution in [0.25, 0.3) is 11.3 Å². The van der Waals surface area contributed by atoms with Crippen LogP contribution in [0.3, 0.4) is 0 Å². The van der Waals surface area contributed by atoms with E-state index < -0.39 is 17.6 Å². The molecule has 0 bridgehead atoms. The van der Waals surface area contributed by atoms with Gasteiger partial charge in [-0.05, 0) is 48.0 Å². The fourth-order valence-corrected chi connectivity index (χ4v) is 2.44. The molecule has 2 aromatic carbocycles. The molecule has 0 radical (unpaired) electrons. The van der Waals surface area contributed by atoms with Crippen LogP contribution in [0, 0.1) is 0 Å². The van der Waals surface area contributed by atoms with Gasteiger partial charge in [-0.1, -0.05) is 12.1 Å². The molecule has 27 heavy (non-hydrogen) atoms. The molecule has 1 heterocycles. The van der Waals surface area contributed by atoms with Crippen LogP contribution in [0.15, 0.2) is 54.6 Å². The van der Waals surface area contributed by atoms with Crippen molar-refractivity contribution in [2.75, 3.05) is 7.11 Å². The first-order chi connectivity index (χ1) is 12.9. The average Bonchev–Trinajstić information content (AvgIpc) is 3.16. The molecule has 3 rings (SSSR count). The van der Waals surface area contributed by atoms with E-state index in [9.17, 15) is 18.0 Å². The minimum Gasteiger partial charge on any atom is -0.497 e. The number of nitrogens with zero attached hydrogens (tertiary/aromatic N) is 1. The molecule has 0 spiro atoms. The Morgan fingerprint density at radius 3 is 2.37 bits per heavy atom. The van der Waals surface area contributed by atoms with Crippen molar-refractivity contribution < 1.29 is 22.7 Å². The summed E-state index contributed by atoms with van der Waals surface area (Å²) in [4.78, 5) is 12.2. The number of hydrogen-bond acceptors (Lipinski definition) is 3. The van der Waals surface area contributed by atoms with Crippen LogP contribution < -0.4 is 10.1 Å². The number of methoxy groups -OCH3 is 1. The van der Waals surface area contributed by atoms with Crippen molar-refractivity contribution >= 4 is 5.91 Å². The van der Waals surface area contributed by atoms with E-state index in [2.05, 4.69) is 15.5 Å². The second-order valence-electron chi connectivity index (χ2n) is 5.77. The molecule has 2 N–H and O–H groups in total. The maximum atomic E-state index is 12.6. The second-order valence-corrected chi connectivity index (χ2v) is 5.77. The van der Waals surface area contributed by atoms with Crippen molar-refractivity contribution in [2.24, 2.45) is 0 Å². The molecule has 0 aliphatic heterocycles. The Hall–Kier alpha value is -3.29. The maximum Gasteiger partial charge on any atom is 0.416 e. The molecule has 1 amide bonds. The molecular weight excluding hydrogens is 359 g/mol. The van der Waals surface area contributed by atoms with Gasteiger partial charge in [0.2, 0.25) is 0 Å². The molecule has 3 aromatic rings. The number of carbonyl (C=O) groups excluding carboxylic acids is 1. The molecule has 0 aliphatic rings. The predicted molar refractivity (Wildman–Crippen MR) is 93.2 cm³/mol. The topological polar surface area (TPSA) is 67.0 Å². The Labute approximate surface area is 153 Å². The van der Waals surface area contributed by atoms with Crippen molar-refractivity contribution in [3.05, 3.63) is 71.4 Å². The molecule has 0 saturated carbocycles. The number of nitrogens with one attached hydrogen (secondary N) is 2. The molecule has 0 atom stereocenters. The number of rotatable bonds is 5. The maximum absolute atomic E-state index is 12.6. The van der Waals surface area contributed by atoms with E-state index in [0.717, 1.165) is 17.7 Å². The second kappa shape index (κ2) is 7.53. The average molecular weight is 375 g/mol. The number of amides is 1. The number of benzene rings is 2. The normalized spacial score (nSPS) is 11.3. The highest BCUT2D eigenvalue weighted by Crippen LogP contribution is 2.29. The fraction of sp³-hybridized carbons (Fsp3) is 0.158. The fourth-order valence-electron chi connectivity index (χ4n) is 2.44. The highest BCUT2D eigenvalue weighted by Gasteiger charge is 2.29. The third-order valence-corrected chi connectivity index (χ3v) is 3.94. The monoisotopic (exact) mass is 375 g/mol. The van der Waals surface area contributed by atoms with E-state index >= 15 is 0 Å². The van der Waals surface area contributed by atoms with Gasteiger partial charge in [-0.25, -0.2) is 0 Å². The van der Waals surface area contributed by atoms with Crippen molar-refractivity contribution in [1.82, 2.24) is 15.5 Å². The number of carbonyl (C=O) groups is 1. The highest BCUT2D eigenvalue weighted by atomic mass is 19.4. The Kier molecular flexibility index (Phi) is 5.16. The summed E-state index contributed by atoms with van der Waals surface area (Å²) in [5.41, 5.74) is 1.50. The molecule has 8 heteroatoms. The first-order valence-corrected chi connectivity index (χ1v) is 8.01. The summed E-state index contributed by atoms with van der Waals surface area (Å²) in [6, 6.07) is 13.4. The van der Waals surface area contributed by atoms with E-state index in [1.165, 1.54) is 12.1 Å². The van der Waals surface area contributed by atoms with Crippen molar-refractivity contribution in [3.63, 3.8) is 0 Å². The van der Waals surface area contributed by atoms with Crippen molar-refractivity contribution in [1.29, 1.82) is 0 Å². The summed E-state index contributed by atoms with van der Waals surface area (Å²) in [6.45, 7) is 0.105. The Bertz CT molecular complexity index is 917. The van der Waals surface area contributed by atoms with E-state index in [1.54, 1.807) is 25.3 Å². The molecule has 0 fully saturated rings. The van der Waals surface area contributed by atoms with Gasteiger partial charge in [0, 0.05) is 12.1 Å². The van der Waals surface area contributed by atoms with Crippen LogP contribution in [0.4, 0.5) is 13.2 Å². The zero-order chi connectivity index (χ0) is 19.4. The highest BCUT2D eigenvalue weighted by molar-refractivity contribution is 5.93. The summed E-state index contributed by atoms with van der Waals surface area (Å²) in [7, 11) is 1.57. The first-order valence-electron chi connectivity index (χ1n) is 8.01. The van der Waals surface area contributed by atoms with E-state index in [4.69, 9.17) is 4.74 Å². The lowest BCUT2D eigenvalue weighted by Crippen LogP contribution is -2.23. The third kappa shape index (κ3) is 4.46. The third-order valence-electron chi connectivity index (χ3n) is 3.94. The van der Waals surface area contributed by atoms with E-state index in [0.29, 0.717) is 17.0 Å². The van der Waals surface area contributed by atoms with Gasteiger partial charge < -0.3 is 10.1 Å². The zero-order valence-corrected chi connectivity index (χ0v) is 14.3. The van der Waals surface area contributed by atoms with E-state index in [1.807, 2.05) is 12.1 Å². The number of ether oxygens (including phenoxy) is 1. The van der Waals surface area contributed by atoms with Crippen LogP contribution in [0.5, 0.6) is 5.75 Å². The number of aromatic amines is 1. The van der Waals surface area contributed by atoms with Gasteiger partial charge in [-0.3, -0.25) is 9.89 Å². The molecular formula is C19H16F3N3O2. The predicted octanol–water partition coefficient (Wildman–Crippen LogP) is 4.03. The minimum atomic E-state index is -4.38. The molecule has 0 saturated heterocycles. The summed E-state index contributed by atoms with van der Waals surface area (Å²) in [6.07, 6.45) is -4.38. The number of hydrogen-bond donors (Lipinski definition) is 2. The smallest absolute Gasteiger partial charge is 0.416 e. The van der Waals surface area contributed by atoms with Crippen LogP contribution in [0.1, 0.15) is 21.6 Å². The van der Waals surface area contributed by atoms with Gasteiger partial charge in [0.1, 0.15) is 11.4 Å². The lowest BCUT2D eigenvalue weighted by Gasteiger charge is -2.08. The van der Waals surface area contributed by atoms with Gasteiger partial charge in [-0.2, -0.15) is 18.3 Å². The van der Waals surface area contributed by atoms with Crippen molar-refractivity contribution in [3.8, 4) is 17.0 Å². The van der Waals surface area contributed by atoms with Crippen LogP contribution in [0.2, 0.25) is 0 Å². The number of alkyl halides is 3. The van der Waals surface area contributed by atoms with Crippen LogP contribution in [-0.2, 0) is 12.7 Å². The number of aromatic nitrogens is 2. The lowest BCUT2D eigenvalue weighted by atomic mass is 10.1. The molecule has 0 aliphatic carbocycles. The largest absolute Gasteiger partial charge is 0.497 e. The summed E-state index contributed by atoms with van der Waals surface area (Å²) < 4.78 is 42.7. The number of halogens is 3. The van der Waals surface area contributed by atoms with Crippen molar-refractivity contribution in [2.45, 2.75) is 12.7 Å². The Morgan fingerprint density at radius 2 is 1.78 bits per heavy atom. The Morgan fingerprint density at radius 1 is 1.11 bits per heavy atom. The Balaban J connectivity index is 1.62. The van der Waals surface area contributed by atoms with Crippen LogP contribution >= 0.6 is 0 Å². The SMILES string of the molecule is COc1ccc(-c2cc(C(=O)NCc3ccc(C(F)(F)F)cc3)[nH]n2)cc1. The summed E-state index contributed by atoms with van der Waals surface area (Å²) in [5.74, 6) is 0.311. The minimum absolute atomic E-state index is 0.105. The van der Waals surface area contributed by atoms with Crippen LogP contribution in [-0.4, -0.2) is 23.2 Å². The zero-order valence-electron chi connectivity index (χ0n) is 14.3. The number of H-pyrrole nitrogens is 1. The standard InChI is InChI=1S/C19H16F3N3O2/c1-27-15-8-4-13(5-9-15)16-10-17(25-24-16)18(26)23-11-12-2-6-14(7-3-12)19(20,21)22/h2-10H,11H2,1H3,(H,23,26)(H,24,25). The first kappa shape index (κ1) is 18.5. The van der Waals surface area contributed by atoms with Gasteiger partial charge >= 0.3 is 6.18 Å². The van der Waals surface area contributed by atoms with E-state index in [-0.39, 0.29) is 12.2 Å². The molecule has 140 valence electrons. The lowest BCUT2D eigenvalue weighted by molar-refractivity contribution is -0.137. The molecule has 5 nitrogen and oxygen atoms in total. The summed E-state index contributed by atoms with van der Waals surface area (Å²) >= 11 is 0. The quantitative estimate of drug-likeness (QED) is 0.707. The van der Waals surface area contributed by atoms with Gasteiger partial charge in [0.05, 0.1) is 18.4 Å². The molecule has 0 unspecified atom stereocenters.